The zero-order valence-electron chi connectivity index (χ0n) is 17.4. The van der Waals surface area contributed by atoms with Crippen molar-refractivity contribution in [1.29, 1.82) is 0 Å². The zero-order valence-corrected chi connectivity index (χ0v) is 18.2. The van der Waals surface area contributed by atoms with Crippen molar-refractivity contribution in [3.8, 4) is 0 Å². The normalized spacial score (nSPS) is 26.7. The fourth-order valence-corrected chi connectivity index (χ4v) is 6.29. The third-order valence-electron chi connectivity index (χ3n) is 6.03. The van der Waals surface area contributed by atoms with Gasteiger partial charge in [0.2, 0.25) is 5.91 Å². The van der Waals surface area contributed by atoms with Crippen LogP contribution in [0.25, 0.3) is 0 Å². The summed E-state index contributed by atoms with van der Waals surface area (Å²) in [6, 6.07) is 13.2. The molecule has 2 aliphatic rings. The number of aliphatic hydroxyl groups excluding tert-OH is 1. The van der Waals surface area contributed by atoms with Gasteiger partial charge in [0.15, 0.2) is 0 Å². The highest BCUT2D eigenvalue weighted by Crippen LogP contribution is 2.50. The van der Waals surface area contributed by atoms with Gasteiger partial charge in [-0.05, 0) is 37.1 Å². The van der Waals surface area contributed by atoms with Crippen LogP contribution in [0.1, 0.15) is 31.1 Å². The lowest BCUT2D eigenvalue weighted by molar-refractivity contribution is -0.384. The van der Waals surface area contributed by atoms with E-state index in [1.165, 1.54) is 29.2 Å². The smallest absolute Gasteiger partial charge is 0.330 e. The molecule has 2 saturated heterocycles. The van der Waals surface area contributed by atoms with Crippen molar-refractivity contribution in [2.75, 3.05) is 0 Å². The molecule has 2 fully saturated rings. The molecule has 0 aliphatic carbocycles. The lowest BCUT2D eigenvalue weighted by atomic mass is 9.85. The summed E-state index contributed by atoms with van der Waals surface area (Å²) in [5.41, 5.74) is 1.01. The average Bonchev–Trinajstić information content (AvgIpc) is 2.96. The third kappa shape index (κ3) is 3.49. The number of nitro groups is 1. The van der Waals surface area contributed by atoms with E-state index in [4.69, 9.17) is 4.74 Å². The fourth-order valence-electron chi connectivity index (χ4n) is 4.27. The van der Waals surface area contributed by atoms with Gasteiger partial charge in [-0.2, -0.15) is 0 Å². The Kier molecular flexibility index (Phi) is 5.59. The van der Waals surface area contributed by atoms with E-state index in [-0.39, 0.29) is 12.3 Å². The Morgan fingerprint density at radius 3 is 2.44 bits per heavy atom. The lowest BCUT2D eigenvalue weighted by Crippen LogP contribution is -2.64. The first-order valence-electron chi connectivity index (χ1n) is 10.0. The van der Waals surface area contributed by atoms with Crippen molar-refractivity contribution in [3.63, 3.8) is 0 Å². The van der Waals surface area contributed by atoms with Gasteiger partial charge in [-0.3, -0.25) is 19.1 Å². The molecule has 0 aromatic heterocycles. The molecule has 0 radical (unpaired) electrons. The van der Waals surface area contributed by atoms with Crippen LogP contribution < -0.4 is 0 Å². The quantitative estimate of drug-likeness (QED) is 0.304. The lowest BCUT2D eigenvalue weighted by Gasteiger charge is -2.45. The topological polar surface area (TPSA) is 127 Å². The minimum absolute atomic E-state index is 0.0792. The van der Waals surface area contributed by atoms with E-state index in [9.17, 15) is 29.0 Å². The molecule has 2 unspecified atom stereocenters. The van der Waals surface area contributed by atoms with Crippen molar-refractivity contribution in [2.24, 2.45) is 5.92 Å². The first-order valence-corrected chi connectivity index (χ1v) is 11.2. The molecule has 2 aromatic rings. The summed E-state index contributed by atoms with van der Waals surface area (Å²) in [4.78, 5) is 37.4. The van der Waals surface area contributed by atoms with Crippen molar-refractivity contribution < 1.29 is 28.6 Å². The molecule has 10 heteroatoms. The molecule has 1 N–H and O–H groups in total. The Bertz CT molecular complexity index is 1090. The van der Waals surface area contributed by atoms with Crippen molar-refractivity contribution in [3.05, 3.63) is 75.8 Å². The molecule has 0 spiro atoms. The van der Waals surface area contributed by atoms with Crippen LogP contribution in [-0.4, -0.2) is 47.2 Å². The molecular weight excluding hydrogens is 436 g/mol. The van der Waals surface area contributed by atoms with Crippen LogP contribution in [0, 0.1) is 16.0 Å². The van der Waals surface area contributed by atoms with E-state index in [1.807, 2.05) is 0 Å². The van der Waals surface area contributed by atoms with Gasteiger partial charge >= 0.3 is 5.97 Å². The second-order valence-electron chi connectivity index (χ2n) is 8.35. The maximum Gasteiger partial charge on any atom is 0.330 e. The number of fused-ring (bicyclic) bond motifs is 1. The van der Waals surface area contributed by atoms with Crippen LogP contribution in [0.2, 0.25) is 0 Å². The van der Waals surface area contributed by atoms with Crippen LogP contribution in [0.5, 0.6) is 0 Å². The Balaban J connectivity index is 1.50. The largest absolute Gasteiger partial charge is 0.459 e. The Hall–Kier alpha value is -3.11. The fraction of sp³-hybridized carbons (Fsp3) is 0.364. The van der Waals surface area contributed by atoms with Gasteiger partial charge in [0, 0.05) is 12.1 Å². The second kappa shape index (κ2) is 8.10. The summed E-state index contributed by atoms with van der Waals surface area (Å²) in [6.45, 7) is 3.13. The molecule has 0 bridgehead atoms. The molecule has 32 heavy (non-hydrogen) atoms. The van der Waals surface area contributed by atoms with Crippen molar-refractivity contribution in [1.82, 2.24) is 4.90 Å². The molecule has 1 amide bonds. The first kappa shape index (κ1) is 22.1. The number of non-ortho nitro benzene ring substituents is 1. The van der Waals surface area contributed by atoms with Crippen LogP contribution in [0.3, 0.4) is 0 Å². The number of hydrogen-bond donors (Lipinski definition) is 1. The molecule has 9 nitrogen and oxygen atoms in total. The van der Waals surface area contributed by atoms with Gasteiger partial charge in [0.1, 0.15) is 23.9 Å². The summed E-state index contributed by atoms with van der Waals surface area (Å²) in [7, 11) is -1.60. The van der Waals surface area contributed by atoms with E-state index < -0.39 is 55.8 Å². The van der Waals surface area contributed by atoms with Gasteiger partial charge in [-0.1, -0.05) is 30.3 Å². The van der Waals surface area contributed by atoms with Crippen molar-refractivity contribution >= 4 is 28.4 Å². The van der Waals surface area contributed by atoms with Gasteiger partial charge in [0.05, 0.1) is 26.6 Å². The van der Waals surface area contributed by atoms with E-state index in [0.717, 1.165) is 0 Å². The van der Waals surface area contributed by atoms with Crippen LogP contribution in [-0.2, 0) is 31.7 Å². The number of hydrogen-bond acceptors (Lipinski definition) is 7. The number of benzene rings is 2. The Labute approximate surface area is 186 Å². The number of carbonyl (C=O) groups excluding carboxylic acids is 2. The van der Waals surface area contributed by atoms with Gasteiger partial charge in [-0.15, -0.1) is 0 Å². The second-order valence-corrected chi connectivity index (χ2v) is 10.5. The van der Waals surface area contributed by atoms with E-state index in [0.29, 0.717) is 11.1 Å². The minimum Gasteiger partial charge on any atom is -0.459 e. The molecule has 2 aliphatic heterocycles. The highest BCUT2D eigenvalue weighted by Gasteiger charge is 2.69. The summed E-state index contributed by atoms with van der Waals surface area (Å²) in [5, 5.41) is 20.7. The van der Waals surface area contributed by atoms with Crippen molar-refractivity contribution in [2.45, 2.75) is 42.7 Å². The standard InChI is InChI=1S/C22H22N2O7S/c1-22(2)18(21(27)31-12-13-8-10-15(11-9-13)24(28)29)23-19(26)16(20(23)32(22)30)17(25)14-6-4-3-5-7-14/h3-11,16-18,20,25H,12H2,1-2H3/t16-,17?,18-,20+,32?/m0/s1. The Morgan fingerprint density at radius 1 is 1.22 bits per heavy atom. The predicted octanol–water partition coefficient (Wildman–Crippen LogP) is 2.07. The number of ether oxygens (including phenoxy) is 1. The van der Waals surface area contributed by atoms with E-state index in [2.05, 4.69) is 0 Å². The first-order chi connectivity index (χ1) is 15.1. The number of aliphatic hydroxyl groups is 1. The SMILES string of the molecule is CC1(C)[C@H](C(=O)OCc2ccc([N+](=O)[O-])cc2)N2C(=O)[C@H](C(O)c3ccccc3)[C@H]2S1=O. The summed E-state index contributed by atoms with van der Waals surface area (Å²) in [6.07, 6.45) is -1.13. The molecule has 4 rings (SSSR count). The van der Waals surface area contributed by atoms with Crippen LogP contribution >= 0.6 is 0 Å². The maximum atomic E-state index is 13.2. The number of rotatable bonds is 6. The molecule has 0 saturated carbocycles. The monoisotopic (exact) mass is 458 g/mol. The molecule has 2 aromatic carbocycles. The third-order valence-corrected chi connectivity index (χ3v) is 8.25. The number of esters is 1. The Morgan fingerprint density at radius 2 is 1.84 bits per heavy atom. The average molecular weight is 458 g/mol. The number of carbonyl (C=O) groups is 2. The molecular formula is C22H22N2O7S. The predicted molar refractivity (Wildman–Crippen MR) is 114 cm³/mol. The van der Waals surface area contributed by atoms with E-state index in [1.54, 1.807) is 44.2 Å². The summed E-state index contributed by atoms with van der Waals surface area (Å²) < 4.78 is 17.5. The molecule has 5 atom stereocenters. The number of β-lactam (4-membered cyclic amide) rings is 1. The maximum absolute atomic E-state index is 13.2. The number of nitrogens with zero attached hydrogens (tertiary/aromatic N) is 2. The van der Waals surface area contributed by atoms with Gasteiger partial charge < -0.3 is 14.7 Å². The minimum atomic E-state index is -1.60. The summed E-state index contributed by atoms with van der Waals surface area (Å²) >= 11 is 0. The van der Waals surface area contributed by atoms with Gasteiger partial charge in [0.25, 0.3) is 5.69 Å². The highest BCUT2D eigenvalue weighted by atomic mass is 32.2. The molecule has 168 valence electrons. The molecule has 2 heterocycles. The van der Waals surface area contributed by atoms with E-state index >= 15 is 0 Å². The summed E-state index contributed by atoms with van der Waals surface area (Å²) in [5.74, 6) is -2.04. The highest BCUT2D eigenvalue weighted by molar-refractivity contribution is 7.87. The number of amides is 1. The number of nitro benzene ring substituents is 1. The zero-order chi connectivity index (χ0) is 23.2. The van der Waals surface area contributed by atoms with Crippen LogP contribution in [0.4, 0.5) is 5.69 Å². The van der Waals surface area contributed by atoms with Crippen LogP contribution in [0.15, 0.2) is 54.6 Å². The van der Waals surface area contributed by atoms with Gasteiger partial charge in [-0.25, -0.2) is 4.79 Å².